The van der Waals surface area contributed by atoms with Crippen LogP contribution in [0.15, 0.2) is 95.9 Å². The quantitative estimate of drug-likeness (QED) is 0.397. The Hall–Kier alpha value is -3.42. The molecule has 3 rings (SSSR count). The molecule has 31 heavy (non-hydrogen) atoms. The smallest absolute Gasteiger partial charge is 0.262 e. The summed E-state index contributed by atoms with van der Waals surface area (Å²) in [4.78, 5) is 12.7. The van der Waals surface area contributed by atoms with Gasteiger partial charge in [0.1, 0.15) is 0 Å². The summed E-state index contributed by atoms with van der Waals surface area (Å²) in [5.41, 5.74) is 5.56. The van der Waals surface area contributed by atoms with E-state index < -0.39 is 10.0 Å². The van der Waals surface area contributed by atoms with Crippen LogP contribution >= 0.6 is 0 Å². The third-order valence-corrected chi connectivity index (χ3v) is 6.01. The van der Waals surface area contributed by atoms with Gasteiger partial charge in [-0.2, -0.15) is 0 Å². The second-order valence-corrected chi connectivity index (χ2v) is 8.55. The molecule has 0 heterocycles. The standard InChI is InChI=1S/C24H25N3O3S/c1-2-25-31(29,30)23-16-13-20(14-17-23)15-18-24(28)26-27(22-11-7-4-8-12-22)19-21-9-5-3-6-10-21/h3-18,25H,2,19H2,1H3,(H,26,28)/b18-15+. The molecule has 0 aliphatic rings. The normalized spacial score (nSPS) is 11.4. The number of benzene rings is 3. The fraction of sp³-hybridized carbons (Fsp3) is 0.125. The lowest BCUT2D eigenvalue weighted by Gasteiger charge is -2.25. The Morgan fingerprint density at radius 3 is 2.13 bits per heavy atom. The highest BCUT2D eigenvalue weighted by Gasteiger charge is 2.12. The van der Waals surface area contributed by atoms with Gasteiger partial charge in [0.15, 0.2) is 0 Å². The first-order chi connectivity index (χ1) is 15.0. The molecule has 0 aliphatic carbocycles. The van der Waals surface area contributed by atoms with Crippen LogP contribution in [0.3, 0.4) is 0 Å². The SMILES string of the molecule is CCNS(=O)(=O)c1ccc(/C=C/C(=O)NN(Cc2ccccc2)c2ccccc2)cc1. The van der Waals surface area contributed by atoms with Crippen LogP contribution in [-0.2, 0) is 21.4 Å². The molecule has 0 spiro atoms. The number of hydrogen-bond acceptors (Lipinski definition) is 4. The summed E-state index contributed by atoms with van der Waals surface area (Å²) in [5, 5.41) is 1.79. The van der Waals surface area contributed by atoms with E-state index in [0.29, 0.717) is 13.1 Å². The van der Waals surface area contributed by atoms with E-state index in [-0.39, 0.29) is 10.8 Å². The van der Waals surface area contributed by atoms with Crippen LogP contribution in [0.2, 0.25) is 0 Å². The number of para-hydroxylation sites is 1. The number of hydrogen-bond donors (Lipinski definition) is 2. The van der Waals surface area contributed by atoms with E-state index in [1.165, 1.54) is 18.2 Å². The fourth-order valence-electron chi connectivity index (χ4n) is 2.94. The summed E-state index contributed by atoms with van der Waals surface area (Å²) in [6.07, 6.45) is 3.07. The summed E-state index contributed by atoms with van der Waals surface area (Å²) in [7, 11) is -3.49. The third-order valence-electron chi connectivity index (χ3n) is 4.45. The van der Waals surface area contributed by atoms with E-state index in [9.17, 15) is 13.2 Å². The lowest BCUT2D eigenvalue weighted by molar-refractivity contribution is -0.116. The molecule has 0 fully saturated rings. The lowest BCUT2D eigenvalue weighted by atomic mass is 10.2. The van der Waals surface area contributed by atoms with Gasteiger partial charge < -0.3 is 0 Å². The molecule has 1 amide bonds. The highest BCUT2D eigenvalue weighted by molar-refractivity contribution is 7.89. The van der Waals surface area contributed by atoms with Crippen LogP contribution in [-0.4, -0.2) is 20.9 Å². The topological polar surface area (TPSA) is 78.5 Å². The lowest BCUT2D eigenvalue weighted by Crippen LogP contribution is -2.41. The van der Waals surface area contributed by atoms with Gasteiger partial charge in [0.25, 0.3) is 5.91 Å². The maximum Gasteiger partial charge on any atom is 0.262 e. The van der Waals surface area contributed by atoms with E-state index in [4.69, 9.17) is 0 Å². The van der Waals surface area contributed by atoms with Crippen molar-refractivity contribution in [3.8, 4) is 0 Å². The number of amides is 1. The van der Waals surface area contributed by atoms with E-state index >= 15 is 0 Å². The summed E-state index contributed by atoms with van der Waals surface area (Å²) in [5.74, 6) is -0.288. The number of carbonyl (C=O) groups is 1. The van der Waals surface area contributed by atoms with Gasteiger partial charge >= 0.3 is 0 Å². The van der Waals surface area contributed by atoms with Gasteiger partial charge in [-0.25, -0.2) is 13.1 Å². The van der Waals surface area contributed by atoms with E-state index in [0.717, 1.165) is 16.8 Å². The van der Waals surface area contributed by atoms with Crippen LogP contribution < -0.4 is 15.2 Å². The molecule has 3 aromatic carbocycles. The van der Waals surface area contributed by atoms with Gasteiger partial charge in [-0.1, -0.05) is 67.6 Å². The predicted octanol–water partition coefficient (Wildman–Crippen LogP) is 3.74. The zero-order valence-corrected chi connectivity index (χ0v) is 18.0. The average Bonchev–Trinajstić information content (AvgIpc) is 2.79. The molecule has 0 saturated carbocycles. The summed E-state index contributed by atoms with van der Waals surface area (Å²) in [6.45, 7) is 2.57. The van der Waals surface area contributed by atoms with Crippen LogP contribution in [0.5, 0.6) is 0 Å². The van der Waals surface area contributed by atoms with Crippen molar-refractivity contribution in [3.63, 3.8) is 0 Å². The first-order valence-corrected chi connectivity index (χ1v) is 11.4. The molecule has 2 N–H and O–H groups in total. The number of nitrogens with zero attached hydrogens (tertiary/aromatic N) is 1. The largest absolute Gasteiger partial charge is 0.281 e. The van der Waals surface area contributed by atoms with Gasteiger partial charge in [-0.15, -0.1) is 0 Å². The molecule has 0 radical (unpaired) electrons. The molecule has 0 aliphatic heterocycles. The van der Waals surface area contributed by atoms with Crippen molar-refractivity contribution < 1.29 is 13.2 Å². The second kappa shape index (κ2) is 10.6. The number of sulfonamides is 1. The first-order valence-electron chi connectivity index (χ1n) is 9.93. The Labute approximate surface area is 183 Å². The van der Waals surface area contributed by atoms with Crippen molar-refractivity contribution in [2.24, 2.45) is 0 Å². The Bertz CT molecular complexity index is 1110. The minimum absolute atomic E-state index is 0.189. The van der Waals surface area contributed by atoms with Crippen LogP contribution in [0.4, 0.5) is 5.69 Å². The first kappa shape index (κ1) is 22.3. The van der Waals surface area contributed by atoms with Crippen molar-refractivity contribution in [3.05, 3.63) is 102 Å². The maximum absolute atomic E-state index is 12.6. The Morgan fingerprint density at radius 1 is 0.903 bits per heavy atom. The van der Waals surface area contributed by atoms with Crippen LogP contribution in [0.1, 0.15) is 18.1 Å². The predicted molar refractivity (Wildman–Crippen MR) is 124 cm³/mol. The number of hydrazine groups is 1. The van der Waals surface area contributed by atoms with Gasteiger partial charge in [0, 0.05) is 12.6 Å². The summed E-state index contributed by atoms with van der Waals surface area (Å²) >= 11 is 0. The van der Waals surface area contributed by atoms with Crippen molar-refractivity contribution in [2.75, 3.05) is 11.6 Å². The number of rotatable bonds is 9. The molecule has 7 heteroatoms. The Kier molecular flexibility index (Phi) is 7.59. The summed E-state index contributed by atoms with van der Waals surface area (Å²) < 4.78 is 26.5. The fourth-order valence-corrected chi connectivity index (χ4v) is 3.98. The molecule has 160 valence electrons. The number of anilines is 1. The monoisotopic (exact) mass is 435 g/mol. The van der Waals surface area contributed by atoms with Crippen molar-refractivity contribution in [1.29, 1.82) is 0 Å². The molecular formula is C24H25N3O3S. The zero-order valence-electron chi connectivity index (χ0n) is 17.2. The summed E-state index contributed by atoms with van der Waals surface area (Å²) in [6, 6.07) is 25.8. The van der Waals surface area contributed by atoms with Gasteiger partial charge in [-0.05, 0) is 41.5 Å². The maximum atomic E-state index is 12.6. The van der Waals surface area contributed by atoms with Crippen molar-refractivity contribution in [1.82, 2.24) is 10.1 Å². The minimum Gasteiger partial charge on any atom is -0.281 e. The molecule has 0 atom stereocenters. The molecular weight excluding hydrogens is 410 g/mol. The van der Waals surface area contributed by atoms with E-state index in [1.54, 1.807) is 30.1 Å². The number of carbonyl (C=O) groups excluding carboxylic acids is 1. The molecule has 0 saturated heterocycles. The second-order valence-electron chi connectivity index (χ2n) is 6.79. The molecule has 3 aromatic rings. The van der Waals surface area contributed by atoms with Gasteiger partial charge in [0.05, 0.1) is 17.1 Å². The van der Waals surface area contributed by atoms with Gasteiger partial charge in [-0.3, -0.25) is 15.2 Å². The third kappa shape index (κ3) is 6.53. The minimum atomic E-state index is -3.49. The Morgan fingerprint density at radius 2 is 1.52 bits per heavy atom. The molecule has 6 nitrogen and oxygen atoms in total. The van der Waals surface area contributed by atoms with E-state index in [2.05, 4.69) is 10.1 Å². The Balaban J connectivity index is 1.70. The van der Waals surface area contributed by atoms with Crippen LogP contribution in [0.25, 0.3) is 6.08 Å². The van der Waals surface area contributed by atoms with Crippen molar-refractivity contribution in [2.45, 2.75) is 18.4 Å². The molecule has 0 bridgehead atoms. The highest BCUT2D eigenvalue weighted by Crippen LogP contribution is 2.15. The van der Waals surface area contributed by atoms with E-state index in [1.807, 2.05) is 60.7 Å². The average molecular weight is 436 g/mol. The van der Waals surface area contributed by atoms with Crippen LogP contribution in [0, 0.1) is 0 Å². The number of nitrogens with one attached hydrogen (secondary N) is 2. The van der Waals surface area contributed by atoms with Gasteiger partial charge in [0.2, 0.25) is 10.0 Å². The molecule has 0 aromatic heterocycles. The zero-order chi connectivity index (χ0) is 22.1. The van der Waals surface area contributed by atoms with Crippen molar-refractivity contribution >= 4 is 27.7 Å². The molecule has 0 unspecified atom stereocenters. The highest BCUT2D eigenvalue weighted by atomic mass is 32.2.